The van der Waals surface area contributed by atoms with Gasteiger partial charge in [0.1, 0.15) is 16.8 Å². The zero-order valence-corrected chi connectivity index (χ0v) is 10.5. The molecule has 1 amide bonds. The fourth-order valence-electron chi connectivity index (χ4n) is 1.40. The average Bonchev–Trinajstić information content (AvgIpc) is 2.78. The topological polar surface area (TPSA) is 97.1 Å². The lowest BCUT2D eigenvalue weighted by Gasteiger charge is -2.08. The first-order valence-electron chi connectivity index (χ1n) is 4.98. The molecule has 2 N–H and O–H groups in total. The second-order valence-corrected chi connectivity index (χ2v) is 4.44. The summed E-state index contributed by atoms with van der Waals surface area (Å²) in [4.78, 5) is 23.8. The van der Waals surface area contributed by atoms with E-state index in [1.807, 2.05) is 0 Å². The number of aromatic hydroxyl groups is 1. The molecule has 0 atom stereocenters. The summed E-state index contributed by atoms with van der Waals surface area (Å²) in [5.74, 6) is -1.05. The Hall–Kier alpha value is -2.22. The lowest BCUT2D eigenvalue weighted by atomic mass is 10.2. The molecular weight excluding hydrogens is 256 g/mol. The molecule has 0 spiro atoms. The minimum atomic E-state index is -0.704. The molecule has 2 rings (SSSR count). The molecule has 0 radical (unpaired) electrons. The van der Waals surface area contributed by atoms with E-state index in [9.17, 15) is 14.7 Å². The number of anilines is 1. The number of pyridine rings is 1. The number of carbonyl (C=O) groups is 1. The Bertz CT molecular complexity index is 648. The highest BCUT2D eigenvalue weighted by molar-refractivity contribution is 7.13. The van der Waals surface area contributed by atoms with Crippen molar-refractivity contribution in [3.63, 3.8) is 0 Å². The van der Waals surface area contributed by atoms with E-state index in [0.717, 1.165) is 11.3 Å². The van der Waals surface area contributed by atoms with Crippen molar-refractivity contribution >= 4 is 22.4 Å². The monoisotopic (exact) mass is 266 g/mol. The Labute approximate surface area is 106 Å². The lowest BCUT2D eigenvalue weighted by molar-refractivity contribution is 0.102. The lowest BCUT2D eigenvalue weighted by Crippen LogP contribution is -2.28. The largest absolute Gasteiger partial charge is 0.507 e. The molecular formula is C10H10N4O3S. The van der Waals surface area contributed by atoms with Crippen LogP contribution in [0.2, 0.25) is 0 Å². The fraction of sp³-hybridized carbons (Fsp3) is 0.200. The molecule has 94 valence electrons. The van der Waals surface area contributed by atoms with Crippen molar-refractivity contribution in [1.29, 1.82) is 0 Å². The molecule has 2 aromatic rings. The highest BCUT2D eigenvalue weighted by atomic mass is 32.1. The van der Waals surface area contributed by atoms with E-state index in [2.05, 4.69) is 15.5 Å². The Balaban J connectivity index is 2.43. The van der Waals surface area contributed by atoms with Crippen LogP contribution in [0.4, 0.5) is 5.13 Å². The van der Waals surface area contributed by atoms with Crippen LogP contribution in [0.3, 0.4) is 0 Å². The van der Waals surface area contributed by atoms with E-state index in [1.54, 1.807) is 6.92 Å². The third-order valence-corrected chi connectivity index (χ3v) is 3.06. The first kappa shape index (κ1) is 12.2. The molecule has 8 heteroatoms. The van der Waals surface area contributed by atoms with Crippen LogP contribution in [0.5, 0.6) is 5.75 Å². The molecule has 0 saturated carbocycles. The van der Waals surface area contributed by atoms with Crippen LogP contribution < -0.4 is 10.9 Å². The van der Waals surface area contributed by atoms with Gasteiger partial charge in [0.2, 0.25) is 5.13 Å². The third kappa shape index (κ3) is 2.09. The van der Waals surface area contributed by atoms with E-state index in [1.165, 1.54) is 23.2 Å². The normalized spacial score (nSPS) is 10.3. The molecule has 18 heavy (non-hydrogen) atoms. The second-order valence-electron chi connectivity index (χ2n) is 3.61. The Morgan fingerprint density at radius 1 is 1.56 bits per heavy atom. The summed E-state index contributed by atoms with van der Waals surface area (Å²) in [5, 5.41) is 19.5. The molecule has 0 saturated heterocycles. The zero-order valence-electron chi connectivity index (χ0n) is 9.67. The van der Waals surface area contributed by atoms with E-state index in [0.29, 0.717) is 5.69 Å². The van der Waals surface area contributed by atoms with Crippen LogP contribution in [-0.4, -0.2) is 25.8 Å². The SMILES string of the molecule is Cc1cc(O)c(C(=O)Nc2nncs2)c(=O)n1C. The highest BCUT2D eigenvalue weighted by Gasteiger charge is 2.19. The smallest absolute Gasteiger partial charge is 0.267 e. The van der Waals surface area contributed by atoms with Gasteiger partial charge in [0.05, 0.1) is 0 Å². The van der Waals surface area contributed by atoms with E-state index >= 15 is 0 Å². The fourth-order valence-corrected chi connectivity index (χ4v) is 1.84. The van der Waals surface area contributed by atoms with Gasteiger partial charge in [-0.25, -0.2) is 0 Å². The predicted molar refractivity (Wildman–Crippen MR) is 65.9 cm³/mol. The van der Waals surface area contributed by atoms with Gasteiger partial charge in [-0.3, -0.25) is 14.9 Å². The summed E-state index contributed by atoms with van der Waals surface area (Å²) in [6.45, 7) is 1.66. The number of rotatable bonds is 2. The predicted octanol–water partition coefficient (Wildman–Crippen LogP) is 0.503. The molecule has 0 aliphatic rings. The zero-order chi connectivity index (χ0) is 13.3. The maximum atomic E-state index is 11.9. The first-order chi connectivity index (χ1) is 8.50. The number of carbonyl (C=O) groups excluding carboxylic acids is 1. The number of hydrogen-bond acceptors (Lipinski definition) is 6. The number of aryl methyl sites for hydroxylation is 1. The van der Waals surface area contributed by atoms with Crippen LogP contribution >= 0.6 is 11.3 Å². The van der Waals surface area contributed by atoms with Crippen molar-refractivity contribution in [2.75, 3.05) is 5.32 Å². The summed E-state index contributed by atoms with van der Waals surface area (Å²) in [5.41, 5.74) is 1.14. The van der Waals surface area contributed by atoms with Gasteiger partial charge in [-0.15, -0.1) is 10.2 Å². The molecule has 2 heterocycles. The molecule has 0 aliphatic carbocycles. The van der Waals surface area contributed by atoms with Gasteiger partial charge in [0.15, 0.2) is 0 Å². The molecule has 0 fully saturated rings. The maximum Gasteiger partial charge on any atom is 0.267 e. The second kappa shape index (κ2) is 4.57. The van der Waals surface area contributed by atoms with Gasteiger partial charge in [0.25, 0.3) is 11.5 Å². The highest BCUT2D eigenvalue weighted by Crippen LogP contribution is 2.16. The van der Waals surface area contributed by atoms with Crippen molar-refractivity contribution in [3.8, 4) is 5.75 Å². The third-order valence-electron chi connectivity index (χ3n) is 2.46. The summed E-state index contributed by atoms with van der Waals surface area (Å²) < 4.78 is 1.29. The van der Waals surface area contributed by atoms with Crippen LogP contribution in [0, 0.1) is 6.92 Å². The van der Waals surface area contributed by atoms with Gasteiger partial charge < -0.3 is 9.67 Å². The quantitative estimate of drug-likeness (QED) is 0.825. The summed E-state index contributed by atoms with van der Waals surface area (Å²) in [7, 11) is 1.53. The Kier molecular flexibility index (Phi) is 3.11. The van der Waals surface area contributed by atoms with Crippen molar-refractivity contribution in [1.82, 2.24) is 14.8 Å². The van der Waals surface area contributed by atoms with Gasteiger partial charge in [-0.05, 0) is 6.92 Å². The number of amides is 1. The van der Waals surface area contributed by atoms with Crippen molar-refractivity contribution in [2.45, 2.75) is 6.92 Å². The molecule has 2 aromatic heterocycles. The van der Waals surface area contributed by atoms with Crippen LogP contribution in [0.15, 0.2) is 16.4 Å². The molecule has 0 unspecified atom stereocenters. The standard InChI is InChI=1S/C10H10N4O3S/c1-5-3-6(15)7(9(17)14(5)2)8(16)12-10-13-11-4-18-10/h3-4,15H,1-2H3,(H,12,13,16). The summed E-state index contributed by atoms with van der Waals surface area (Å²) in [6, 6.07) is 1.36. The van der Waals surface area contributed by atoms with Crippen molar-refractivity contribution < 1.29 is 9.90 Å². The minimum absolute atomic E-state index is 0.266. The Morgan fingerprint density at radius 3 is 2.89 bits per heavy atom. The molecule has 0 bridgehead atoms. The average molecular weight is 266 g/mol. The minimum Gasteiger partial charge on any atom is -0.507 e. The van der Waals surface area contributed by atoms with Crippen molar-refractivity contribution in [2.24, 2.45) is 7.05 Å². The molecule has 0 aliphatic heterocycles. The first-order valence-corrected chi connectivity index (χ1v) is 5.85. The van der Waals surface area contributed by atoms with E-state index in [-0.39, 0.29) is 16.4 Å². The molecule has 7 nitrogen and oxygen atoms in total. The summed E-state index contributed by atoms with van der Waals surface area (Å²) >= 11 is 1.12. The van der Waals surface area contributed by atoms with Crippen LogP contribution in [-0.2, 0) is 7.05 Å². The number of nitrogens with zero attached hydrogens (tertiary/aromatic N) is 3. The maximum absolute atomic E-state index is 11.9. The van der Waals surface area contributed by atoms with Crippen LogP contribution in [0.25, 0.3) is 0 Å². The number of nitrogens with one attached hydrogen (secondary N) is 1. The number of aromatic nitrogens is 3. The van der Waals surface area contributed by atoms with Crippen LogP contribution in [0.1, 0.15) is 16.1 Å². The van der Waals surface area contributed by atoms with Crippen molar-refractivity contribution in [3.05, 3.63) is 33.2 Å². The van der Waals surface area contributed by atoms with Gasteiger partial charge in [-0.1, -0.05) is 11.3 Å². The molecule has 0 aromatic carbocycles. The van der Waals surface area contributed by atoms with Gasteiger partial charge in [0, 0.05) is 18.8 Å². The van der Waals surface area contributed by atoms with Gasteiger partial charge in [-0.2, -0.15) is 0 Å². The Morgan fingerprint density at radius 2 is 2.28 bits per heavy atom. The van der Waals surface area contributed by atoms with E-state index in [4.69, 9.17) is 0 Å². The van der Waals surface area contributed by atoms with Gasteiger partial charge >= 0.3 is 0 Å². The number of hydrogen-bond donors (Lipinski definition) is 2. The summed E-state index contributed by atoms with van der Waals surface area (Å²) in [6.07, 6.45) is 0. The van der Waals surface area contributed by atoms with E-state index < -0.39 is 11.5 Å².